The van der Waals surface area contributed by atoms with E-state index in [4.69, 9.17) is 17.0 Å². The highest BCUT2D eigenvalue weighted by Gasteiger charge is 2.26. The van der Waals surface area contributed by atoms with Crippen molar-refractivity contribution in [2.75, 3.05) is 6.61 Å². The zero-order valence-electron chi connectivity index (χ0n) is 18.3. The standard InChI is InChI=1S/C25H25N3O3S/c1-25(2,3)17-8-10-18(11-9-17)31-13-12-28-15-16(19-6-4-5-7-21(19)28)14-20-22(29)26-24(32)27-23(20)30/h4-11,14-15H,12-13H2,1-3H3,(H2,26,27,29,30,32). The molecule has 2 aromatic carbocycles. The molecule has 164 valence electrons. The van der Waals surface area contributed by atoms with E-state index < -0.39 is 11.8 Å². The Bertz CT molecular complexity index is 1210. The smallest absolute Gasteiger partial charge is 0.263 e. The minimum atomic E-state index is -0.502. The van der Waals surface area contributed by atoms with Gasteiger partial charge in [0.25, 0.3) is 11.8 Å². The number of aromatic nitrogens is 1. The molecular formula is C25H25N3O3S. The molecule has 32 heavy (non-hydrogen) atoms. The summed E-state index contributed by atoms with van der Waals surface area (Å²) in [6.07, 6.45) is 3.52. The number of thiocarbonyl (C=S) groups is 1. The molecule has 0 radical (unpaired) electrons. The average Bonchev–Trinajstić information content (AvgIpc) is 3.08. The summed E-state index contributed by atoms with van der Waals surface area (Å²) < 4.78 is 8.02. The number of benzene rings is 2. The lowest BCUT2D eigenvalue weighted by Crippen LogP contribution is -2.51. The predicted molar refractivity (Wildman–Crippen MR) is 129 cm³/mol. The second-order valence-corrected chi connectivity index (χ2v) is 9.12. The number of hydrogen-bond acceptors (Lipinski definition) is 4. The lowest BCUT2D eigenvalue weighted by Gasteiger charge is -2.19. The van der Waals surface area contributed by atoms with E-state index in [0.29, 0.717) is 13.2 Å². The van der Waals surface area contributed by atoms with Gasteiger partial charge in [0.1, 0.15) is 17.9 Å². The van der Waals surface area contributed by atoms with Gasteiger partial charge in [-0.3, -0.25) is 20.2 Å². The zero-order valence-corrected chi connectivity index (χ0v) is 19.1. The Morgan fingerprint density at radius 2 is 1.66 bits per heavy atom. The second-order valence-electron chi connectivity index (χ2n) is 8.71. The molecule has 2 heterocycles. The van der Waals surface area contributed by atoms with E-state index in [9.17, 15) is 9.59 Å². The fourth-order valence-electron chi connectivity index (χ4n) is 3.65. The van der Waals surface area contributed by atoms with Crippen molar-refractivity contribution in [2.24, 2.45) is 0 Å². The SMILES string of the molecule is CC(C)(C)c1ccc(OCCn2cc(C=C3C(=O)NC(=S)NC3=O)c3ccccc32)cc1. The van der Waals surface area contributed by atoms with Crippen LogP contribution in [0.5, 0.6) is 5.75 Å². The van der Waals surface area contributed by atoms with Crippen molar-refractivity contribution in [3.8, 4) is 5.75 Å². The largest absolute Gasteiger partial charge is 0.492 e. The third kappa shape index (κ3) is 4.57. The van der Waals surface area contributed by atoms with Crippen LogP contribution in [0.4, 0.5) is 0 Å². The number of fused-ring (bicyclic) bond motifs is 1. The Morgan fingerprint density at radius 3 is 2.31 bits per heavy atom. The number of nitrogens with zero attached hydrogens (tertiary/aromatic N) is 1. The van der Waals surface area contributed by atoms with Crippen molar-refractivity contribution in [3.63, 3.8) is 0 Å². The third-order valence-electron chi connectivity index (χ3n) is 5.38. The molecule has 3 aromatic rings. The number of carbonyl (C=O) groups excluding carboxylic acids is 2. The maximum atomic E-state index is 12.2. The van der Waals surface area contributed by atoms with E-state index in [1.807, 2.05) is 42.6 Å². The number of rotatable bonds is 5. The fourth-order valence-corrected chi connectivity index (χ4v) is 3.84. The van der Waals surface area contributed by atoms with Gasteiger partial charge in [0, 0.05) is 22.7 Å². The molecule has 1 saturated heterocycles. The summed E-state index contributed by atoms with van der Waals surface area (Å²) in [5.41, 5.74) is 3.17. The van der Waals surface area contributed by atoms with Gasteiger partial charge in [0.2, 0.25) is 0 Å². The molecule has 1 aliphatic rings. The Labute approximate surface area is 192 Å². The monoisotopic (exact) mass is 447 g/mol. The van der Waals surface area contributed by atoms with E-state index >= 15 is 0 Å². The lowest BCUT2D eigenvalue weighted by molar-refractivity contribution is -0.123. The van der Waals surface area contributed by atoms with Gasteiger partial charge < -0.3 is 9.30 Å². The van der Waals surface area contributed by atoms with E-state index in [1.165, 1.54) is 5.56 Å². The van der Waals surface area contributed by atoms with E-state index in [0.717, 1.165) is 22.2 Å². The van der Waals surface area contributed by atoms with Gasteiger partial charge in [-0.2, -0.15) is 0 Å². The topological polar surface area (TPSA) is 72.4 Å². The van der Waals surface area contributed by atoms with Crippen LogP contribution in [-0.2, 0) is 21.5 Å². The Hall–Kier alpha value is -3.45. The first-order valence-electron chi connectivity index (χ1n) is 10.4. The van der Waals surface area contributed by atoms with Crippen LogP contribution in [0.25, 0.3) is 17.0 Å². The molecule has 1 fully saturated rings. The van der Waals surface area contributed by atoms with Crippen LogP contribution in [0.15, 0.2) is 60.3 Å². The minimum absolute atomic E-state index is 0.0206. The molecule has 7 heteroatoms. The average molecular weight is 448 g/mol. The van der Waals surface area contributed by atoms with Crippen LogP contribution in [-0.4, -0.2) is 28.1 Å². The quantitative estimate of drug-likeness (QED) is 0.353. The lowest BCUT2D eigenvalue weighted by atomic mass is 9.87. The molecule has 0 atom stereocenters. The van der Waals surface area contributed by atoms with Gasteiger partial charge in [-0.25, -0.2) is 0 Å². The van der Waals surface area contributed by atoms with Crippen molar-refractivity contribution >= 4 is 46.1 Å². The van der Waals surface area contributed by atoms with Crippen LogP contribution in [0.1, 0.15) is 31.9 Å². The van der Waals surface area contributed by atoms with Gasteiger partial charge in [0.05, 0.1) is 6.54 Å². The summed E-state index contributed by atoms with van der Waals surface area (Å²) in [7, 11) is 0. The zero-order chi connectivity index (χ0) is 22.9. The van der Waals surface area contributed by atoms with Crippen LogP contribution < -0.4 is 15.4 Å². The molecular weight excluding hydrogens is 422 g/mol. The second kappa shape index (κ2) is 8.59. The van der Waals surface area contributed by atoms with Crippen molar-refractivity contribution in [3.05, 3.63) is 71.4 Å². The van der Waals surface area contributed by atoms with E-state index in [-0.39, 0.29) is 16.1 Å². The molecule has 0 unspecified atom stereocenters. The maximum absolute atomic E-state index is 12.2. The van der Waals surface area contributed by atoms with Crippen molar-refractivity contribution in [1.82, 2.24) is 15.2 Å². The fraction of sp³-hybridized carbons (Fsp3) is 0.240. The third-order valence-corrected chi connectivity index (χ3v) is 5.59. The number of nitrogens with one attached hydrogen (secondary N) is 2. The Kier molecular flexibility index (Phi) is 5.84. The molecule has 4 rings (SSSR count). The van der Waals surface area contributed by atoms with Gasteiger partial charge in [-0.15, -0.1) is 0 Å². The molecule has 2 amide bonds. The molecule has 0 saturated carbocycles. The Morgan fingerprint density at radius 1 is 1.00 bits per heavy atom. The predicted octanol–water partition coefficient (Wildman–Crippen LogP) is 3.93. The number of para-hydroxylation sites is 1. The summed E-state index contributed by atoms with van der Waals surface area (Å²) >= 11 is 4.86. The van der Waals surface area contributed by atoms with E-state index in [1.54, 1.807) is 6.08 Å². The summed E-state index contributed by atoms with van der Waals surface area (Å²) in [5.74, 6) is -0.182. The number of ether oxygens (including phenoxy) is 1. The maximum Gasteiger partial charge on any atom is 0.263 e. The molecule has 0 aliphatic carbocycles. The molecule has 1 aliphatic heterocycles. The molecule has 0 bridgehead atoms. The van der Waals surface area contributed by atoms with E-state index in [2.05, 4.69) is 48.1 Å². The van der Waals surface area contributed by atoms with Gasteiger partial charge >= 0.3 is 0 Å². The number of amides is 2. The first-order valence-corrected chi connectivity index (χ1v) is 10.8. The highest BCUT2D eigenvalue weighted by atomic mass is 32.1. The number of hydrogen-bond donors (Lipinski definition) is 2. The van der Waals surface area contributed by atoms with Gasteiger partial charge in [0.15, 0.2) is 5.11 Å². The summed E-state index contributed by atoms with van der Waals surface area (Å²) in [5, 5.41) is 5.90. The molecule has 2 N–H and O–H groups in total. The number of carbonyl (C=O) groups is 2. The molecule has 1 aromatic heterocycles. The van der Waals surface area contributed by atoms with Crippen molar-refractivity contribution in [1.29, 1.82) is 0 Å². The summed E-state index contributed by atoms with van der Waals surface area (Å²) in [6, 6.07) is 16.0. The van der Waals surface area contributed by atoms with Gasteiger partial charge in [-0.05, 0) is 47.5 Å². The Balaban J connectivity index is 1.53. The summed E-state index contributed by atoms with van der Waals surface area (Å²) in [4.78, 5) is 24.4. The van der Waals surface area contributed by atoms with Crippen LogP contribution >= 0.6 is 12.2 Å². The van der Waals surface area contributed by atoms with Crippen LogP contribution in [0, 0.1) is 0 Å². The highest BCUT2D eigenvalue weighted by Crippen LogP contribution is 2.26. The minimum Gasteiger partial charge on any atom is -0.492 e. The first kappa shape index (κ1) is 21.8. The normalized spacial score (nSPS) is 14.3. The van der Waals surface area contributed by atoms with Crippen molar-refractivity contribution < 1.29 is 14.3 Å². The summed E-state index contributed by atoms with van der Waals surface area (Å²) in [6.45, 7) is 7.65. The molecule has 0 spiro atoms. The van der Waals surface area contributed by atoms with Gasteiger partial charge in [-0.1, -0.05) is 51.1 Å². The van der Waals surface area contributed by atoms with Crippen LogP contribution in [0.2, 0.25) is 0 Å². The highest BCUT2D eigenvalue weighted by molar-refractivity contribution is 7.80. The van der Waals surface area contributed by atoms with Crippen molar-refractivity contribution in [2.45, 2.75) is 32.7 Å². The van der Waals surface area contributed by atoms with Crippen LogP contribution in [0.3, 0.4) is 0 Å². The first-order chi connectivity index (χ1) is 15.2. The molecule has 6 nitrogen and oxygen atoms in total.